The van der Waals surface area contributed by atoms with Gasteiger partial charge in [0.05, 0.1) is 0 Å². The zero-order valence-electron chi connectivity index (χ0n) is 12.0. The average molecular weight is 260 g/mol. The molecule has 1 aliphatic rings. The first kappa shape index (κ1) is 13.8. The van der Waals surface area contributed by atoms with Gasteiger partial charge < -0.3 is 10.2 Å². The number of hydrogen-bond acceptors (Lipinski definition) is 4. The number of aromatic nitrogens is 2. The molecule has 4 nitrogen and oxygen atoms in total. The van der Waals surface area contributed by atoms with E-state index in [1.165, 1.54) is 25.7 Å². The predicted octanol–water partition coefficient (Wildman–Crippen LogP) is 3.15. The highest BCUT2D eigenvalue weighted by Crippen LogP contribution is 2.26. The molecule has 0 radical (unpaired) electrons. The fourth-order valence-electron chi connectivity index (χ4n) is 2.69. The molecule has 1 aliphatic heterocycles. The third-order valence-electron chi connectivity index (χ3n) is 3.64. The number of aryl methyl sites for hydroxylation is 1. The van der Waals surface area contributed by atoms with Gasteiger partial charge in [-0.05, 0) is 32.6 Å². The Morgan fingerprint density at radius 3 is 3.05 bits per heavy atom. The van der Waals surface area contributed by atoms with Crippen molar-refractivity contribution in [2.75, 3.05) is 23.3 Å². The maximum Gasteiger partial charge on any atom is 0.134 e. The number of rotatable bonds is 5. The molecule has 1 aromatic rings. The lowest BCUT2D eigenvalue weighted by Gasteiger charge is -2.36. The highest BCUT2D eigenvalue weighted by Gasteiger charge is 2.22. The summed E-state index contributed by atoms with van der Waals surface area (Å²) in [6.07, 6.45) is 6.88. The SMILES string of the molecule is C=CCNc1cc(N2CCCCC2CC)nc(C)n1. The van der Waals surface area contributed by atoms with E-state index < -0.39 is 0 Å². The Bertz CT molecular complexity index is 430. The molecule has 0 bridgehead atoms. The summed E-state index contributed by atoms with van der Waals surface area (Å²) in [5.74, 6) is 2.78. The average Bonchev–Trinajstić information content (AvgIpc) is 2.44. The molecule has 0 saturated carbocycles. The first-order valence-corrected chi connectivity index (χ1v) is 7.21. The van der Waals surface area contributed by atoms with Gasteiger partial charge in [-0.25, -0.2) is 9.97 Å². The largest absolute Gasteiger partial charge is 0.366 e. The van der Waals surface area contributed by atoms with Gasteiger partial charge in [-0.1, -0.05) is 13.0 Å². The molecule has 104 valence electrons. The Balaban J connectivity index is 2.21. The van der Waals surface area contributed by atoms with E-state index in [0.717, 1.165) is 30.5 Å². The second-order valence-corrected chi connectivity index (χ2v) is 5.08. The second-order valence-electron chi connectivity index (χ2n) is 5.08. The standard InChI is InChI=1S/C15H24N4/c1-4-9-16-14-11-15(18-12(3)17-14)19-10-7-6-8-13(19)5-2/h4,11,13H,1,5-10H2,2-3H3,(H,16,17,18). The van der Waals surface area contributed by atoms with E-state index in [0.29, 0.717) is 6.04 Å². The summed E-state index contributed by atoms with van der Waals surface area (Å²) < 4.78 is 0. The minimum absolute atomic E-state index is 0.621. The van der Waals surface area contributed by atoms with Gasteiger partial charge in [0.1, 0.15) is 17.5 Å². The third-order valence-corrected chi connectivity index (χ3v) is 3.64. The van der Waals surface area contributed by atoms with Crippen LogP contribution in [0.15, 0.2) is 18.7 Å². The van der Waals surface area contributed by atoms with Crippen molar-refractivity contribution >= 4 is 11.6 Å². The van der Waals surface area contributed by atoms with E-state index in [2.05, 4.69) is 39.8 Å². The molecule has 2 rings (SSSR count). The highest BCUT2D eigenvalue weighted by atomic mass is 15.2. The molecule has 1 N–H and O–H groups in total. The van der Waals surface area contributed by atoms with Gasteiger partial charge in [0.2, 0.25) is 0 Å². The van der Waals surface area contributed by atoms with Crippen molar-refractivity contribution in [3.8, 4) is 0 Å². The molecular formula is C15H24N4. The first-order valence-electron chi connectivity index (χ1n) is 7.21. The Morgan fingerprint density at radius 1 is 1.47 bits per heavy atom. The van der Waals surface area contributed by atoms with Crippen molar-refractivity contribution in [2.24, 2.45) is 0 Å². The Morgan fingerprint density at radius 2 is 2.32 bits per heavy atom. The number of anilines is 2. The van der Waals surface area contributed by atoms with E-state index in [9.17, 15) is 0 Å². The van der Waals surface area contributed by atoms with Gasteiger partial charge in [0.25, 0.3) is 0 Å². The second kappa shape index (κ2) is 6.55. The van der Waals surface area contributed by atoms with Gasteiger partial charge in [-0.15, -0.1) is 6.58 Å². The Kier molecular flexibility index (Phi) is 4.77. The zero-order valence-corrected chi connectivity index (χ0v) is 12.0. The maximum atomic E-state index is 4.61. The van der Waals surface area contributed by atoms with Crippen LogP contribution in [0.4, 0.5) is 11.6 Å². The minimum Gasteiger partial charge on any atom is -0.366 e. The lowest BCUT2D eigenvalue weighted by molar-refractivity contribution is 0.446. The molecule has 0 amide bonds. The summed E-state index contributed by atoms with van der Waals surface area (Å²) >= 11 is 0. The van der Waals surface area contributed by atoms with Crippen LogP contribution in [0.25, 0.3) is 0 Å². The summed E-state index contributed by atoms with van der Waals surface area (Å²) in [5, 5.41) is 3.25. The molecule has 0 aromatic carbocycles. The smallest absolute Gasteiger partial charge is 0.134 e. The topological polar surface area (TPSA) is 41.0 Å². The van der Waals surface area contributed by atoms with Crippen molar-refractivity contribution in [1.29, 1.82) is 0 Å². The van der Waals surface area contributed by atoms with Crippen molar-refractivity contribution in [1.82, 2.24) is 9.97 Å². The molecule has 19 heavy (non-hydrogen) atoms. The van der Waals surface area contributed by atoms with Gasteiger partial charge in [0, 0.05) is 25.2 Å². The molecule has 4 heteroatoms. The molecular weight excluding hydrogens is 236 g/mol. The highest BCUT2D eigenvalue weighted by molar-refractivity contribution is 5.50. The van der Waals surface area contributed by atoms with Gasteiger partial charge in [0.15, 0.2) is 0 Å². The van der Waals surface area contributed by atoms with Gasteiger partial charge in [-0.3, -0.25) is 0 Å². The molecule has 2 heterocycles. The quantitative estimate of drug-likeness (QED) is 0.826. The van der Waals surface area contributed by atoms with E-state index in [4.69, 9.17) is 0 Å². The van der Waals surface area contributed by atoms with Crippen LogP contribution in [0, 0.1) is 6.92 Å². The van der Waals surface area contributed by atoms with Crippen molar-refractivity contribution in [3.63, 3.8) is 0 Å². The van der Waals surface area contributed by atoms with E-state index >= 15 is 0 Å². The van der Waals surface area contributed by atoms with Crippen molar-refractivity contribution < 1.29 is 0 Å². The van der Waals surface area contributed by atoms with Crippen LogP contribution >= 0.6 is 0 Å². The molecule has 0 spiro atoms. The van der Waals surface area contributed by atoms with Crippen LogP contribution in [0.2, 0.25) is 0 Å². The minimum atomic E-state index is 0.621. The predicted molar refractivity (Wildman–Crippen MR) is 80.7 cm³/mol. The van der Waals surface area contributed by atoms with E-state index in [1.807, 2.05) is 13.0 Å². The summed E-state index contributed by atoms with van der Waals surface area (Å²) in [6, 6.07) is 2.68. The Hall–Kier alpha value is -1.58. The summed E-state index contributed by atoms with van der Waals surface area (Å²) in [7, 11) is 0. The van der Waals surface area contributed by atoms with Gasteiger partial charge >= 0.3 is 0 Å². The Labute approximate surface area is 115 Å². The van der Waals surface area contributed by atoms with Crippen LogP contribution < -0.4 is 10.2 Å². The molecule has 1 unspecified atom stereocenters. The maximum absolute atomic E-state index is 4.61. The fraction of sp³-hybridized carbons (Fsp3) is 0.600. The number of hydrogen-bond donors (Lipinski definition) is 1. The van der Waals surface area contributed by atoms with Gasteiger partial charge in [-0.2, -0.15) is 0 Å². The number of nitrogens with zero attached hydrogens (tertiary/aromatic N) is 3. The lowest BCUT2D eigenvalue weighted by Crippen LogP contribution is -2.39. The summed E-state index contributed by atoms with van der Waals surface area (Å²) in [5.41, 5.74) is 0. The van der Waals surface area contributed by atoms with Crippen molar-refractivity contribution in [2.45, 2.75) is 45.6 Å². The molecule has 1 saturated heterocycles. The van der Waals surface area contributed by atoms with Crippen LogP contribution in [0.5, 0.6) is 0 Å². The fourth-order valence-corrected chi connectivity index (χ4v) is 2.69. The van der Waals surface area contributed by atoms with E-state index in [1.54, 1.807) is 0 Å². The molecule has 0 aliphatic carbocycles. The zero-order chi connectivity index (χ0) is 13.7. The van der Waals surface area contributed by atoms with Crippen LogP contribution in [-0.2, 0) is 0 Å². The monoisotopic (exact) mass is 260 g/mol. The number of piperidine rings is 1. The van der Waals surface area contributed by atoms with Crippen LogP contribution in [-0.4, -0.2) is 29.1 Å². The van der Waals surface area contributed by atoms with Crippen LogP contribution in [0.3, 0.4) is 0 Å². The van der Waals surface area contributed by atoms with E-state index in [-0.39, 0.29) is 0 Å². The molecule has 1 atom stereocenters. The lowest BCUT2D eigenvalue weighted by atomic mass is 10.00. The van der Waals surface area contributed by atoms with Crippen molar-refractivity contribution in [3.05, 3.63) is 24.5 Å². The normalized spacial score (nSPS) is 19.3. The number of nitrogens with one attached hydrogen (secondary N) is 1. The molecule has 1 aromatic heterocycles. The first-order chi connectivity index (χ1) is 9.24. The summed E-state index contributed by atoms with van der Waals surface area (Å²) in [6.45, 7) is 9.77. The third kappa shape index (κ3) is 3.46. The van der Waals surface area contributed by atoms with Crippen LogP contribution in [0.1, 0.15) is 38.4 Å². The summed E-state index contributed by atoms with van der Waals surface area (Å²) in [4.78, 5) is 11.5. The molecule has 1 fully saturated rings.